The van der Waals surface area contributed by atoms with Crippen LogP contribution in [-0.2, 0) is 24.0 Å². The smallest absolute Gasteiger partial charge is 0.328 e. The molecule has 0 unspecified atom stereocenters. The zero-order valence-electron chi connectivity index (χ0n) is 26.4. The number of benzene rings is 1. The first-order valence-corrected chi connectivity index (χ1v) is 14.2. The lowest BCUT2D eigenvalue weighted by Crippen LogP contribution is -2.64. The van der Waals surface area contributed by atoms with Crippen molar-refractivity contribution in [2.45, 2.75) is 65.6 Å². The van der Waals surface area contributed by atoms with E-state index in [9.17, 15) is 37.9 Å². The number of anilines is 1. The molecule has 0 radical (unpaired) electrons. The number of aliphatic hydroxyl groups excluding tert-OH is 1. The van der Waals surface area contributed by atoms with Gasteiger partial charge in [-0.25, -0.2) is 18.4 Å². The second kappa shape index (κ2) is 16.4. The van der Waals surface area contributed by atoms with E-state index >= 15 is 0 Å². The molecule has 0 aromatic heterocycles. The molecule has 1 aromatic carbocycles. The van der Waals surface area contributed by atoms with Crippen LogP contribution in [0.4, 0.5) is 14.5 Å². The third-order valence-electron chi connectivity index (χ3n) is 7.54. The minimum absolute atomic E-state index is 0.0270. The lowest BCUT2D eigenvalue weighted by molar-refractivity contribution is -0.134. The summed E-state index contributed by atoms with van der Waals surface area (Å²) in [5.74, 6) is -6.17. The number of carboxylic acids is 2. The fourth-order valence-corrected chi connectivity index (χ4v) is 4.46. The van der Waals surface area contributed by atoms with Crippen LogP contribution >= 0.6 is 0 Å². The van der Waals surface area contributed by atoms with Gasteiger partial charge in [-0.2, -0.15) is 0 Å². The highest BCUT2D eigenvalue weighted by molar-refractivity contribution is 5.96. The van der Waals surface area contributed by atoms with Crippen LogP contribution in [0.3, 0.4) is 0 Å². The number of para-hydroxylation sites is 1. The van der Waals surface area contributed by atoms with Crippen molar-refractivity contribution in [1.82, 2.24) is 10.2 Å². The molecule has 0 spiro atoms. The Balaban J connectivity index is 0.00000111. The van der Waals surface area contributed by atoms with Gasteiger partial charge in [0, 0.05) is 49.3 Å². The van der Waals surface area contributed by atoms with Gasteiger partial charge in [-0.15, -0.1) is 0 Å². The van der Waals surface area contributed by atoms with Crippen molar-refractivity contribution >= 4 is 35.3 Å². The normalized spacial score (nSPS) is 17.3. The van der Waals surface area contributed by atoms with Gasteiger partial charge in [-0.05, 0) is 52.2 Å². The average Bonchev–Trinajstić information content (AvgIpc) is 2.91. The Morgan fingerprint density at radius 1 is 1.09 bits per heavy atom. The van der Waals surface area contributed by atoms with Gasteiger partial charge in [0.2, 0.25) is 17.7 Å². The van der Waals surface area contributed by atoms with E-state index in [1.54, 1.807) is 18.7 Å². The van der Waals surface area contributed by atoms with Crippen molar-refractivity contribution in [3.8, 4) is 0 Å². The topological polar surface area (TPSA) is 217 Å². The molecule has 1 aliphatic rings. The quantitative estimate of drug-likeness (QED) is 0.168. The van der Waals surface area contributed by atoms with Gasteiger partial charge in [-0.3, -0.25) is 19.3 Å². The first-order chi connectivity index (χ1) is 20.6. The maximum absolute atomic E-state index is 14.3. The summed E-state index contributed by atoms with van der Waals surface area (Å²) < 4.78 is 28.7. The van der Waals surface area contributed by atoms with Crippen molar-refractivity contribution in [2.75, 3.05) is 31.1 Å². The van der Waals surface area contributed by atoms with Crippen molar-refractivity contribution in [1.29, 1.82) is 0 Å². The summed E-state index contributed by atoms with van der Waals surface area (Å²) in [5.41, 5.74) is 9.69. The molecule has 13 nitrogen and oxygen atoms in total. The number of halogens is 2. The third-order valence-corrected chi connectivity index (χ3v) is 7.54. The predicted molar refractivity (Wildman–Crippen MR) is 162 cm³/mol. The number of primary amides is 1. The summed E-state index contributed by atoms with van der Waals surface area (Å²) in [6, 6.07) is 2.66. The first-order valence-electron chi connectivity index (χ1n) is 14.2. The molecule has 0 saturated carbocycles. The summed E-state index contributed by atoms with van der Waals surface area (Å²) in [7, 11) is 0. The number of aliphatic carboxylic acids is 2. The maximum Gasteiger partial charge on any atom is 0.328 e. The molecular formula is C30H45F2N5O8. The Hall–Kier alpha value is -3.95. The Bertz CT molecular complexity index is 1230. The second-order valence-electron chi connectivity index (χ2n) is 12.5. The number of piperazine rings is 1. The molecule has 1 saturated heterocycles. The van der Waals surface area contributed by atoms with Crippen LogP contribution in [0, 0.1) is 28.9 Å². The van der Waals surface area contributed by atoms with Crippen molar-refractivity contribution < 1.29 is 48.1 Å². The van der Waals surface area contributed by atoms with Crippen LogP contribution in [0.15, 0.2) is 30.4 Å². The van der Waals surface area contributed by atoms with Gasteiger partial charge in [0.15, 0.2) is 0 Å². The van der Waals surface area contributed by atoms with Gasteiger partial charge in [0.1, 0.15) is 17.3 Å². The van der Waals surface area contributed by atoms with E-state index in [1.165, 1.54) is 6.07 Å². The summed E-state index contributed by atoms with van der Waals surface area (Å²) in [6.45, 7) is 10.7. The number of hydrogen-bond donors (Lipinski definition) is 6. The summed E-state index contributed by atoms with van der Waals surface area (Å²) in [4.78, 5) is 59.2. The largest absolute Gasteiger partial charge is 0.478 e. The molecule has 1 heterocycles. The summed E-state index contributed by atoms with van der Waals surface area (Å²) in [5, 5.41) is 29.2. The highest BCUT2D eigenvalue weighted by Gasteiger charge is 2.41. The molecule has 0 aliphatic carbocycles. The Kier molecular flexibility index (Phi) is 14.2. The van der Waals surface area contributed by atoms with Crippen molar-refractivity contribution in [3.05, 3.63) is 42.0 Å². The second-order valence-corrected chi connectivity index (χ2v) is 12.5. The Labute approximate surface area is 261 Å². The van der Waals surface area contributed by atoms with Crippen LogP contribution in [0.25, 0.3) is 0 Å². The van der Waals surface area contributed by atoms with E-state index < -0.39 is 64.4 Å². The number of nitrogens with two attached hydrogens (primary N) is 2. The Morgan fingerprint density at radius 2 is 1.60 bits per heavy atom. The fraction of sp³-hybridized carbons (Fsp3) is 0.567. The van der Waals surface area contributed by atoms with Crippen LogP contribution in [0.2, 0.25) is 0 Å². The highest BCUT2D eigenvalue weighted by atomic mass is 19.1. The zero-order valence-corrected chi connectivity index (χ0v) is 26.4. The van der Waals surface area contributed by atoms with E-state index in [2.05, 4.69) is 5.32 Å². The van der Waals surface area contributed by atoms with E-state index in [4.69, 9.17) is 21.7 Å². The number of carbonyl (C=O) groups excluding carboxylic acids is 3. The minimum Gasteiger partial charge on any atom is -0.478 e. The molecule has 1 aliphatic heterocycles. The minimum atomic E-state index is -1.26. The number of aliphatic hydroxyl groups is 1. The zero-order chi connectivity index (χ0) is 34.9. The molecule has 0 bridgehead atoms. The van der Waals surface area contributed by atoms with Crippen LogP contribution in [-0.4, -0.2) is 93.7 Å². The molecule has 1 fully saturated rings. The lowest BCUT2D eigenvalue weighted by Gasteiger charge is -2.47. The maximum atomic E-state index is 14.3. The SMILES string of the molecule is CC(C)[C@H](C[C@H](O)[C@@H](N)CN1CC(=O)N(c2c(F)cccc2F)CC1(C)C)C(=O)NCC(C)(C)C(N)=O.O=C(O)/C=C/C(=O)O. The molecule has 8 N–H and O–H groups in total. The van der Waals surface area contributed by atoms with Crippen LogP contribution in [0.1, 0.15) is 48.0 Å². The average molecular weight is 642 g/mol. The van der Waals surface area contributed by atoms with Crippen LogP contribution in [0.5, 0.6) is 0 Å². The number of amides is 3. The molecule has 3 atom stereocenters. The number of hydrogen-bond acceptors (Lipinski definition) is 8. The standard InChI is InChI=1S/C26H41F2N5O4.C4H4O4/c1-15(2)16(23(36)31-13-25(3,4)24(30)37)10-20(34)19(29)11-32-12-21(35)33(14-26(32,5)6)22-17(27)8-7-9-18(22)28;5-3(6)1-2-4(7)8/h7-9,15-16,19-20,34H,10-14,29H2,1-6H3,(H2,30,37)(H,31,36);1-2H,(H,5,6)(H,7,8)/b;2-1+/t16-,19-,20-;/m0./s1. The number of nitrogens with one attached hydrogen (secondary N) is 1. The van der Waals surface area contributed by atoms with E-state index in [1.807, 2.05) is 27.7 Å². The van der Waals surface area contributed by atoms with Gasteiger partial charge in [0.05, 0.1) is 18.1 Å². The van der Waals surface area contributed by atoms with Crippen molar-refractivity contribution in [2.24, 2.45) is 28.7 Å². The number of carbonyl (C=O) groups is 5. The Morgan fingerprint density at radius 3 is 2.04 bits per heavy atom. The monoisotopic (exact) mass is 641 g/mol. The summed E-state index contributed by atoms with van der Waals surface area (Å²) >= 11 is 0. The van der Waals surface area contributed by atoms with Gasteiger partial charge < -0.3 is 37.0 Å². The number of rotatable bonds is 13. The van der Waals surface area contributed by atoms with E-state index in [0.717, 1.165) is 17.0 Å². The molecule has 3 amide bonds. The predicted octanol–water partition coefficient (Wildman–Crippen LogP) is 1.08. The lowest BCUT2D eigenvalue weighted by atomic mass is 9.86. The molecule has 15 heteroatoms. The molecule has 2 rings (SSSR count). The first kappa shape index (κ1) is 39.1. The molecule has 1 aromatic rings. The van der Waals surface area contributed by atoms with Gasteiger partial charge in [0.25, 0.3) is 0 Å². The molecule has 252 valence electrons. The number of carboxylic acid groups (broad SMARTS) is 2. The third kappa shape index (κ3) is 11.8. The highest BCUT2D eigenvalue weighted by Crippen LogP contribution is 2.31. The fourth-order valence-electron chi connectivity index (χ4n) is 4.46. The summed E-state index contributed by atoms with van der Waals surface area (Å²) in [6.07, 6.45) is 0.136. The van der Waals surface area contributed by atoms with Crippen LogP contribution < -0.4 is 21.7 Å². The van der Waals surface area contributed by atoms with E-state index in [-0.39, 0.29) is 50.1 Å². The van der Waals surface area contributed by atoms with Gasteiger partial charge in [-0.1, -0.05) is 19.9 Å². The van der Waals surface area contributed by atoms with Gasteiger partial charge >= 0.3 is 11.9 Å². The molecular weight excluding hydrogens is 596 g/mol. The molecule has 45 heavy (non-hydrogen) atoms. The number of nitrogens with zero attached hydrogens (tertiary/aromatic N) is 2. The van der Waals surface area contributed by atoms with Crippen molar-refractivity contribution in [3.63, 3.8) is 0 Å². The van der Waals surface area contributed by atoms with E-state index in [0.29, 0.717) is 12.2 Å².